The topological polar surface area (TPSA) is 30.9 Å². The molecule has 0 radical (unpaired) electrons. The first-order chi connectivity index (χ1) is 11.3. The molecule has 1 atom stereocenters. The van der Waals surface area contributed by atoms with Gasteiger partial charge in [-0.2, -0.15) is 0 Å². The van der Waals surface area contributed by atoms with Crippen molar-refractivity contribution in [1.29, 1.82) is 0 Å². The van der Waals surface area contributed by atoms with Gasteiger partial charge in [-0.05, 0) is 30.8 Å². The maximum Gasteiger partial charge on any atom is 0.161 e. The first-order valence-corrected chi connectivity index (χ1v) is 8.14. The molecule has 1 heterocycles. The Morgan fingerprint density at radius 1 is 1.04 bits per heavy atom. The van der Waals surface area contributed by atoms with Gasteiger partial charge in [-0.25, -0.2) is 0 Å². The van der Waals surface area contributed by atoms with Crippen molar-refractivity contribution in [3.63, 3.8) is 0 Å². The van der Waals surface area contributed by atoms with Crippen LogP contribution in [0.3, 0.4) is 0 Å². The fraction of sp³-hybridized carbons (Fsp3) is 0.368. The molecule has 122 valence electrons. The third kappa shape index (κ3) is 4.39. The van der Waals surface area contributed by atoms with Crippen LogP contribution in [0.2, 0.25) is 0 Å². The summed E-state index contributed by atoms with van der Waals surface area (Å²) in [6.07, 6.45) is 0.0570. The maximum absolute atomic E-state index is 6.02. The number of hydrogen-bond acceptors (Lipinski definition) is 4. The fourth-order valence-electron chi connectivity index (χ4n) is 2.63. The number of fused-ring (bicyclic) bond motifs is 1. The van der Waals surface area contributed by atoms with Crippen molar-refractivity contribution in [3.05, 3.63) is 54.6 Å². The van der Waals surface area contributed by atoms with Crippen LogP contribution in [-0.4, -0.2) is 43.9 Å². The summed E-state index contributed by atoms with van der Waals surface area (Å²) >= 11 is 0. The number of benzene rings is 2. The number of nitrogens with zero attached hydrogens (tertiary/aromatic N) is 1. The molecule has 0 spiro atoms. The van der Waals surface area contributed by atoms with Crippen LogP contribution in [0.5, 0.6) is 17.2 Å². The van der Waals surface area contributed by atoms with E-state index in [1.165, 1.54) is 0 Å². The number of likely N-dealkylation sites (N-methyl/N-ethyl adjacent to an activating group) is 1. The predicted octanol–water partition coefficient (Wildman–Crippen LogP) is 3.23. The molecule has 0 saturated carbocycles. The lowest BCUT2D eigenvalue weighted by atomic mass is 10.2. The minimum atomic E-state index is 0.0570. The number of ether oxygens (including phenoxy) is 3. The van der Waals surface area contributed by atoms with E-state index < -0.39 is 0 Å². The van der Waals surface area contributed by atoms with Gasteiger partial charge in [-0.15, -0.1) is 0 Å². The van der Waals surface area contributed by atoms with Crippen molar-refractivity contribution in [2.45, 2.75) is 13.0 Å². The second-order valence-electron chi connectivity index (χ2n) is 5.55. The van der Waals surface area contributed by atoms with Gasteiger partial charge in [0.25, 0.3) is 0 Å². The van der Waals surface area contributed by atoms with Crippen LogP contribution < -0.4 is 14.2 Å². The summed E-state index contributed by atoms with van der Waals surface area (Å²) in [5.74, 6) is 2.58. The van der Waals surface area contributed by atoms with E-state index in [1.807, 2.05) is 54.6 Å². The molecule has 1 unspecified atom stereocenters. The highest BCUT2D eigenvalue weighted by Gasteiger charge is 2.22. The molecular formula is C19H23NO3. The van der Waals surface area contributed by atoms with Gasteiger partial charge in [-0.1, -0.05) is 37.3 Å². The number of rotatable bonds is 7. The van der Waals surface area contributed by atoms with E-state index in [4.69, 9.17) is 14.2 Å². The van der Waals surface area contributed by atoms with Gasteiger partial charge in [0.05, 0.1) is 0 Å². The van der Waals surface area contributed by atoms with Crippen molar-refractivity contribution < 1.29 is 14.2 Å². The molecule has 4 nitrogen and oxygen atoms in total. The van der Waals surface area contributed by atoms with Gasteiger partial charge >= 0.3 is 0 Å². The Labute approximate surface area is 137 Å². The Bertz CT molecular complexity index is 603. The van der Waals surface area contributed by atoms with Crippen LogP contribution in [0, 0.1) is 0 Å². The normalized spacial score (nSPS) is 16.3. The highest BCUT2D eigenvalue weighted by Crippen LogP contribution is 2.30. The Kier molecular flexibility index (Phi) is 5.37. The average molecular weight is 313 g/mol. The lowest BCUT2D eigenvalue weighted by molar-refractivity contribution is 0.0563. The SMILES string of the molecule is CCN(CCOc1ccccc1)CC1COc2ccccc2O1. The van der Waals surface area contributed by atoms with Gasteiger partial charge in [-0.3, -0.25) is 4.90 Å². The van der Waals surface area contributed by atoms with Gasteiger partial charge in [0.15, 0.2) is 11.5 Å². The monoisotopic (exact) mass is 313 g/mol. The van der Waals surface area contributed by atoms with E-state index in [9.17, 15) is 0 Å². The third-order valence-corrected chi connectivity index (χ3v) is 3.90. The van der Waals surface area contributed by atoms with Crippen LogP contribution in [-0.2, 0) is 0 Å². The minimum absolute atomic E-state index is 0.0570. The van der Waals surface area contributed by atoms with E-state index in [-0.39, 0.29) is 6.10 Å². The quantitative estimate of drug-likeness (QED) is 0.785. The van der Waals surface area contributed by atoms with Crippen LogP contribution in [0.15, 0.2) is 54.6 Å². The third-order valence-electron chi connectivity index (χ3n) is 3.90. The largest absolute Gasteiger partial charge is 0.492 e. The van der Waals surface area contributed by atoms with E-state index in [0.29, 0.717) is 13.2 Å². The summed E-state index contributed by atoms with van der Waals surface area (Å²) in [4.78, 5) is 2.32. The molecule has 4 heteroatoms. The summed E-state index contributed by atoms with van der Waals surface area (Å²) in [5, 5.41) is 0. The molecule has 2 aromatic carbocycles. The molecule has 0 bridgehead atoms. The van der Waals surface area contributed by atoms with Gasteiger partial charge in [0, 0.05) is 13.1 Å². The van der Waals surface area contributed by atoms with Crippen molar-refractivity contribution >= 4 is 0 Å². The van der Waals surface area contributed by atoms with Gasteiger partial charge in [0.1, 0.15) is 25.1 Å². The van der Waals surface area contributed by atoms with Gasteiger partial charge in [0.2, 0.25) is 0 Å². The summed E-state index contributed by atoms with van der Waals surface area (Å²) in [7, 11) is 0. The van der Waals surface area contributed by atoms with Crippen LogP contribution in [0.4, 0.5) is 0 Å². The first kappa shape index (κ1) is 15.7. The molecule has 0 aromatic heterocycles. The second-order valence-corrected chi connectivity index (χ2v) is 5.55. The zero-order valence-electron chi connectivity index (χ0n) is 13.5. The average Bonchev–Trinajstić information content (AvgIpc) is 2.61. The maximum atomic E-state index is 6.02. The predicted molar refractivity (Wildman–Crippen MR) is 90.4 cm³/mol. The Morgan fingerprint density at radius 2 is 1.78 bits per heavy atom. The molecule has 3 rings (SSSR count). The van der Waals surface area contributed by atoms with E-state index in [1.54, 1.807) is 0 Å². The summed E-state index contributed by atoms with van der Waals surface area (Å²) in [6, 6.07) is 17.7. The Balaban J connectivity index is 1.46. The van der Waals surface area contributed by atoms with E-state index in [0.717, 1.165) is 36.9 Å². The van der Waals surface area contributed by atoms with Crippen LogP contribution >= 0.6 is 0 Å². The van der Waals surface area contributed by atoms with Gasteiger partial charge < -0.3 is 14.2 Å². The standard InChI is InChI=1S/C19H23NO3/c1-2-20(12-13-21-16-8-4-3-5-9-16)14-17-15-22-18-10-6-7-11-19(18)23-17/h3-11,17H,2,12-15H2,1H3. The van der Waals surface area contributed by atoms with Crippen molar-refractivity contribution in [1.82, 2.24) is 4.90 Å². The molecule has 2 aromatic rings. The molecule has 0 amide bonds. The highest BCUT2D eigenvalue weighted by molar-refractivity contribution is 5.40. The number of para-hydroxylation sites is 3. The van der Waals surface area contributed by atoms with Crippen LogP contribution in [0.1, 0.15) is 6.92 Å². The zero-order chi connectivity index (χ0) is 15.9. The molecule has 1 aliphatic rings. The smallest absolute Gasteiger partial charge is 0.161 e. The summed E-state index contributed by atoms with van der Waals surface area (Å²) in [5.41, 5.74) is 0. The second kappa shape index (κ2) is 7.88. The molecule has 0 aliphatic carbocycles. The fourth-order valence-corrected chi connectivity index (χ4v) is 2.63. The molecular weight excluding hydrogens is 290 g/mol. The molecule has 0 fully saturated rings. The Morgan fingerprint density at radius 3 is 2.57 bits per heavy atom. The summed E-state index contributed by atoms with van der Waals surface area (Å²) < 4.78 is 17.6. The molecule has 1 aliphatic heterocycles. The molecule has 0 N–H and O–H groups in total. The molecule has 23 heavy (non-hydrogen) atoms. The van der Waals surface area contributed by atoms with Crippen LogP contribution in [0.25, 0.3) is 0 Å². The van der Waals surface area contributed by atoms with E-state index >= 15 is 0 Å². The van der Waals surface area contributed by atoms with Crippen molar-refractivity contribution in [2.75, 3.05) is 32.8 Å². The number of hydrogen-bond donors (Lipinski definition) is 0. The molecule has 0 saturated heterocycles. The van der Waals surface area contributed by atoms with Crippen molar-refractivity contribution in [3.8, 4) is 17.2 Å². The zero-order valence-corrected chi connectivity index (χ0v) is 13.5. The van der Waals surface area contributed by atoms with E-state index in [2.05, 4.69) is 11.8 Å². The first-order valence-electron chi connectivity index (χ1n) is 8.14. The Hall–Kier alpha value is -2.20. The lowest BCUT2D eigenvalue weighted by Gasteiger charge is -2.30. The lowest BCUT2D eigenvalue weighted by Crippen LogP contribution is -2.42. The van der Waals surface area contributed by atoms with Crippen molar-refractivity contribution in [2.24, 2.45) is 0 Å². The highest BCUT2D eigenvalue weighted by atomic mass is 16.6. The minimum Gasteiger partial charge on any atom is -0.492 e. The summed E-state index contributed by atoms with van der Waals surface area (Å²) in [6.45, 7) is 6.07.